The quantitative estimate of drug-likeness (QED) is 0.894. The molecule has 0 saturated heterocycles. The van der Waals surface area contributed by atoms with Crippen LogP contribution in [0, 0.1) is 0 Å². The lowest BCUT2D eigenvalue weighted by atomic mass is 10.1. The summed E-state index contributed by atoms with van der Waals surface area (Å²) < 4.78 is 5.23. The first-order valence-electron chi connectivity index (χ1n) is 6.27. The standard InChI is InChI=1S/C16H19NO2/c1-17(15-8-6-13(12-18)7-9-15)11-14-4-3-5-16(10-14)19-2/h3-10,18H,11-12H2,1-2H3. The van der Waals surface area contributed by atoms with Crippen molar-refractivity contribution in [3.05, 3.63) is 59.7 Å². The summed E-state index contributed by atoms with van der Waals surface area (Å²) in [5.41, 5.74) is 3.26. The molecule has 0 aromatic heterocycles. The predicted octanol–water partition coefficient (Wildman–Crippen LogP) is 2.82. The molecule has 0 unspecified atom stereocenters. The van der Waals surface area contributed by atoms with Crippen molar-refractivity contribution in [3.63, 3.8) is 0 Å². The van der Waals surface area contributed by atoms with Gasteiger partial charge in [-0.1, -0.05) is 24.3 Å². The molecule has 0 spiro atoms. The van der Waals surface area contributed by atoms with Crippen LogP contribution >= 0.6 is 0 Å². The molecule has 19 heavy (non-hydrogen) atoms. The van der Waals surface area contributed by atoms with Crippen LogP contribution in [-0.2, 0) is 13.2 Å². The number of methoxy groups -OCH3 is 1. The molecule has 0 radical (unpaired) electrons. The van der Waals surface area contributed by atoms with Crippen LogP contribution in [0.5, 0.6) is 5.75 Å². The highest BCUT2D eigenvalue weighted by atomic mass is 16.5. The summed E-state index contributed by atoms with van der Waals surface area (Å²) in [4.78, 5) is 2.16. The SMILES string of the molecule is COc1cccc(CN(C)c2ccc(CO)cc2)c1. The zero-order valence-corrected chi connectivity index (χ0v) is 11.3. The number of rotatable bonds is 5. The Morgan fingerprint density at radius 2 is 1.79 bits per heavy atom. The number of aliphatic hydroxyl groups is 1. The van der Waals surface area contributed by atoms with Gasteiger partial charge in [-0.05, 0) is 35.4 Å². The second-order valence-electron chi connectivity index (χ2n) is 4.53. The van der Waals surface area contributed by atoms with Gasteiger partial charge in [0.15, 0.2) is 0 Å². The zero-order valence-electron chi connectivity index (χ0n) is 11.3. The summed E-state index contributed by atoms with van der Waals surface area (Å²) in [6, 6.07) is 16.0. The molecule has 100 valence electrons. The van der Waals surface area contributed by atoms with Gasteiger partial charge in [0, 0.05) is 19.3 Å². The molecule has 0 amide bonds. The number of benzene rings is 2. The van der Waals surface area contributed by atoms with Crippen LogP contribution in [0.15, 0.2) is 48.5 Å². The van der Waals surface area contributed by atoms with Gasteiger partial charge in [0.25, 0.3) is 0 Å². The topological polar surface area (TPSA) is 32.7 Å². The Morgan fingerprint density at radius 3 is 2.42 bits per heavy atom. The number of hydrogen-bond acceptors (Lipinski definition) is 3. The van der Waals surface area contributed by atoms with E-state index in [0.717, 1.165) is 23.5 Å². The first kappa shape index (κ1) is 13.4. The monoisotopic (exact) mass is 257 g/mol. The highest BCUT2D eigenvalue weighted by Crippen LogP contribution is 2.19. The number of ether oxygens (including phenoxy) is 1. The van der Waals surface area contributed by atoms with Crippen molar-refractivity contribution in [1.29, 1.82) is 0 Å². The maximum atomic E-state index is 9.03. The van der Waals surface area contributed by atoms with Gasteiger partial charge in [-0.2, -0.15) is 0 Å². The van der Waals surface area contributed by atoms with Gasteiger partial charge >= 0.3 is 0 Å². The van der Waals surface area contributed by atoms with Crippen molar-refractivity contribution in [1.82, 2.24) is 0 Å². The first-order valence-corrected chi connectivity index (χ1v) is 6.27. The molecule has 0 heterocycles. The lowest BCUT2D eigenvalue weighted by Crippen LogP contribution is -2.16. The molecule has 3 heteroatoms. The lowest BCUT2D eigenvalue weighted by molar-refractivity contribution is 0.282. The number of hydrogen-bond donors (Lipinski definition) is 1. The van der Waals surface area contributed by atoms with Gasteiger partial charge in [-0.3, -0.25) is 0 Å². The molecule has 2 aromatic rings. The minimum Gasteiger partial charge on any atom is -0.497 e. The molecule has 3 nitrogen and oxygen atoms in total. The molecular formula is C16H19NO2. The Morgan fingerprint density at radius 1 is 1.05 bits per heavy atom. The van der Waals surface area contributed by atoms with Crippen LogP contribution in [0.25, 0.3) is 0 Å². The van der Waals surface area contributed by atoms with Crippen molar-refractivity contribution in [2.45, 2.75) is 13.2 Å². The summed E-state index contributed by atoms with van der Waals surface area (Å²) in [6.45, 7) is 0.898. The Labute approximate surface area is 114 Å². The van der Waals surface area contributed by atoms with E-state index in [4.69, 9.17) is 9.84 Å². The summed E-state index contributed by atoms with van der Waals surface area (Å²) >= 11 is 0. The maximum Gasteiger partial charge on any atom is 0.119 e. The van der Waals surface area contributed by atoms with Crippen LogP contribution in [-0.4, -0.2) is 19.3 Å². The van der Waals surface area contributed by atoms with Crippen LogP contribution in [0.2, 0.25) is 0 Å². The van der Waals surface area contributed by atoms with E-state index in [0.29, 0.717) is 0 Å². The van der Waals surface area contributed by atoms with Crippen LogP contribution < -0.4 is 9.64 Å². The molecule has 0 fully saturated rings. The molecule has 2 aromatic carbocycles. The predicted molar refractivity (Wildman–Crippen MR) is 77.5 cm³/mol. The summed E-state index contributed by atoms with van der Waals surface area (Å²) in [5.74, 6) is 0.876. The highest BCUT2D eigenvalue weighted by molar-refractivity contribution is 5.47. The van der Waals surface area contributed by atoms with Crippen LogP contribution in [0.4, 0.5) is 5.69 Å². The third-order valence-corrected chi connectivity index (χ3v) is 3.11. The van der Waals surface area contributed by atoms with Crippen molar-refractivity contribution in [3.8, 4) is 5.75 Å². The van der Waals surface area contributed by atoms with Gasteiger partial charge in [-0.15, -0.1) is 0 Å². The lowest BCUT2D eigenvalue weighted by Gasteiger charge is -2.20. The minimum absolute atomic E-state index is 0.0832. The Balaban J connectivity index is 2.08. The fourth-order valence-electron chi connectivity index (χ4n) is 1.99. The highest BCUT2D eigenvalue weighted by Gasteiger charge is 2.03. The smallest absolute Gasteiger partial charge is 0.119 e. The fourth-order valence-corrected chi connectivity index (χ4v) is 1.99. The molecule has 0 bridgehead atoms. The summed E-state index contributed by atoms with van der Waals surface area (Å²) in [7, 11) is 3.73. The average molecular weight is 257 g/mol. The van der Waals surface area contributed by atoms with Crippen molar-refractivity contribution in [2.75, 3.05) is 19.1 Å². The molecule has 0 aliphatic carbocycles. The van der Waals surface area contributed by atoms with Crippen molar-refractivity contribution >= 4 is 5.69 Å². The van der Waals surface area contributed by atoms with Crippen LogP contribution in [0.3, 0.4) is 0 Å². The largest absolute Gasteiger partial charge is 0.497 e. The van der Waals surface area contributed by atoms with E-state index in [1.807, 2.05) is 49.5 Å². The van der Waals surface area contributed by atoms with E-state index in [9.17, 15) is 0 Å². The fraction of sp³-hybridized carbons (Fsp3) is 0.250. The Hall–Kier alpha value is -2.00. The first-order chi connectivity index (χ1) is 9.22. The molecule has 0 saturated carbocycles. The zero-order chi connectivity index (χ0) is 13.7. The normalized spacial score (nSPS) is 10.3. The van der Waals surface area contributed by atoms with Gasteiger partial charge < -0.3 is 14.7 Å². The van der Waals surface area contributed by atoms with E-state index < -0.39 is 0 Å². The van der Waals surface area contributed by atoms with E-state index in [1.165, 1.54) is 5.56 Å². The van der Waals surface area contributed by atoms with Crippen molar-refractivity contribution < 1.29 is 9.84 Å². The van der Waals surface area contributed by atoms with E-state index in [1.54, 1.807) is 7.11 Å². The minimum atomic E-state index is 0.0832. The second kappa shape index (κ2) is 6.25. The van der Waals surface area contributed by atoms with E-state index in [2.05, 4.69) is 11.0 Å². The van der Waals surface area contributed by atoms with E-state index in [-0.39, 0.29) is 6.61 Å². The molecule has 0 atom stereocenters. The summed E-state index contributed by atoms with van der Waals surface area (Å²) in [5, 5.41) is 9.03. The Bertz CT molecular complexity index is 523. The molecule has 2 rings (SSSR count). The number of aliphatic hydroxyl groups excluding tert-OH is 1. The second-order valence-corrected chi connectivity index (χ2v) is 4.53. The third-order valence-electron chi connectivity index (χ3n) is 3.11. The maximum absolute atomic E-state index is 9.03. The Kier molecular flexibility index (Phi) is 4.42. The van der Waals surface area contributed by atoms with Crippen molar-refractivity contribution in [2.24, 2.45) is 0 Å². The molecule has 0 aliphatic rings. The summed E-state index contributed by atoms with van der Waals surface area (Å²) in [6.07, 6.45) is 0. The molecular weight excluding hydrogens is 238 g/mol. The number of anilines is 1. The third kappa shape index (κ3) is 3.48. The van der Waals surface area contributed by atoms with Gasteiger partial charge in [0.1, 0.15) is 5.75 Å². The average Bonchev–Trinajstić information content (AvgIpc) is 2.47. The molecule has 1 N–H and O–H groups in total. The van der Waals surface area contributed by atoms with E-state index >= 15 is 0 Å². The van der Waals surface area contributed by atoms with Gasteiger partial charge in [0.05, 0.1) is 13.7 Å². The van der Waals surface area contributed by atoms with Crippen LogP contribution in [0.1, 0.15) is 11.1 Å². The van der Waals surface area contributed by atoms with Gasteiger partial charge in [0.2, 0.25) is 0 Å². The number of nitrogens with zero attached hydrogens (tertiary/aromatic N) is 1. The van der Waals surface area contributed by atoms with Gasteiger partial charge in [-0.25, -0.2) is 0 Å². The molecule has 0 aliphatic heterocycles.